The number of rotatable bonds is 7. The standard InChI is InChI=1S/C12H23N3O4S2/c1-4-6-14-7-9-15(10-8-14)21(18,19)12-5-11-20(16,17)13(2)3/h1H,5-12H2,2-3H3. The summed E-state index contributed by atoms with van der Waals surface area (Å²) in [6.45, 7) is 2.56. The number of sulfonamides is 2. The van der Waals surface area contributed by atoms with E-state index in [1.807, 2.05) is 4.90 Å². The van der Waals surface area contributed by atoms with E-state index in [0.29, 0.717) is 32.7 Å². The van der Waals surface area contributed by atoms with Gasteiger partial charge in [0.2, 0.25) is 20.0 Å². The summed E-state index contributed by atoms with van der Waals surface area (Å²) in [5, 5.41) is 0. The molecule has 21 heavy (non-hydrogen) atoms. The number of hydrogen-bond donors (Lipinski definition) is 0. The topological polar surface area (TPSA) is 78.0 Å². The van der Waals surface area contributed by atoms with Crippen LogP contribution in [0.4, 0.5) is 0 Å². The largest absolute Gasteiger partial charge is 0.290 e. The van der Waals surface area contributed by atoms with E-state index in [-0.39, 0.29) is 17.9 Å². The van der Waals surface area contributed by atoms with Crippen molar-refractivity contribution in [2.45, 2.75) is 6.42 Å². The Kier molecular flexibility index (Phi) is 6.62. The highest BCUT2D eigenvalue weighted by atomic mass is 32.2. The van der Waals surface area contributed by atoms with Crippen LogP contribution in [-0.2, 0) is 20.0 Å². The normalized spacial score (nSPS) is 18.8. The van der Waals surface area contributed by atoms with Crippen molar-refractivity contribution in [3.05, 3.63) is 0 Å². The molecule has 0 aliphatic carbocycles. The maximum Gasteiger partial charge on any atom is 0.214 e. The van der Waals surface area contributed by atoms with Crippen molar-refractivity contribution in [2.75, 3.05) is 58.3 Å². The maximum atomic E-state index is 12.2. The molecule has 1 aliphatic rings. The van der Waals surface area contributed by atoms with Gasteiger partial charge in [-0.05, 0) is 6.42 Å². The first-order valence-corrected chi connectivity index (χ1v) is 9.95. The van der Waals surface area contributed by atoms with Crippen LogP contribution < -0.4 is 0 Å². The molecule has 9 heteroatoms. The second kappa shape index (κ2) is 7.56. The van der Waals surface area contributed by atoms with E-state index in [4.69, 9.17) is 6.42 Å². The molecule has 0 saturated carbocycles. The van der Waals surface area contributed by atoms with E-state index in [0.717, 1.165) is 4.31 Å². The minimum absolute atomic E-state index is 0.105. The molecule has 122 valence electrons. The van der Waals surface area contributed by atoms with Gasteiger partial charge in [0.15, 0.2) is 0 Å². The average Bonchev–Trinajstić information content (AvgIpc) is 2.39. The van der Waals surface area contributed by atoms with Gasteiger partial charge in [-0.2, -0.15) is 4.31 Å². The molecule has 0 radical (unpaired) electrons. The van der Waals surface area contributed by atoms with Crippen molar-refractivity contribution in [1.29, 1.82) is 0 Å². The van der Waals surface area contributed by atoms with Gasteiger partial charge in [0, 0.05) is 40.3 Å². The summed E-state index contributed by atoms with van der Waals surface area (Å²) in [5.41, 5.74) is 0. The molecule has 0 spiro atoms. The zero-order valence-corrected chi connectivity index (χ0v) is 14.2. The van der Waals surface area contributed by atoms with E-state index in [2.05, 4.69) is 5.92 Å². The van der Waals surface area contributed by atoms with Gasteiger partial charge < -0.3 is 0 Å². The van der Waals surface area contributed by atoms with E-state index < -0.39 is 20.0 Å². The lowest BCUT2D eigenvalue weighted by atomic mass is 10.4. The third-order valence-electron chi connectivity index (χ3n) is 3.40. The predicted octanol–water partition coefficient (Wildman–Crippen LogP) is -1.15. The van der Waals surface area contributed by atoms with Gasteiger partial charge in [0.05, 0.1) is 18.1 Å². The van der Waals surface area contributed by atoms with Crippen LogP contribution in [0, 0.1) is 12.3 Å². The third-order valence-corrected chi connectivity index (χ3v) is 7.27. The lowest BCUT2D eigenvalue weighted by molar-refractivity contribution is 0.207. The van der Waals surface area contributed by atoms with Crippen molar-refractivity contribution >= 4 is 20.0 Å². The first kappa shape index (κ1) is 18.4. The Balaban J connectivity index is 2.47. The predicted molar refractivity (Wildman–Crippen MR) is 82.7 cm³/mol. The van der Waals surface area contributed by atoms with Crippen molar-refractivity contribution in [3.8, 4) is 12.3 Å². The summed E-state index contributed by atoms with van der Waals surface area (Å²) in [7, 11) is -3.87. The zero-order valence-electron chi connectivity index (χ0n) is 12.5. The van der Waals surface area contributed by atoms with Crippen LogP contribution in [0.1, 0.15) is 6.42 Å². The van der Waals surface area contributed by atoms with Crippen LogP contribution in [0.5, 0.6) is 0 Å². The SMILES string of the molecule is C#CCN1CCN(S(=O)(=O)CCCS(=O)(=O)N(C)C)CC1. The summed E-state index contributed by atoms with van der Waals surface area (Å²) in [6, 6.07) is 0. The molecule has 1 heterocycles. The summed E-state index contributed by atoms with van der Waals surface area (Å²) in [4.78, 5) is 2.02. The maximum absolute atomic E-state index is 12.2. The Morgan fingerprint density at radius 2 is 1.62 bits per heavy atom. The van der Waals surface area contributed by atoms with Crippen molar-refractivity contribution in [3.63, 3.8) is 0 Å². The molecule has 0 amide bonds. The van der Waals surface area contributed by atoms with Crippen LogP contribution in [0.3, 0.4) is 0 Å². The molecule has 0 unspecified atom stereocenters. The zero-order chi connectivity index (χ0) is 16.1. The molecule has 7 nitrogen and oxygen atoms in total. The second-order valence-electron chi connectivity index (χ2n) is 5.15. The fraction of sp³-hybridized carbons (Fsp3) is 0.833. The fourth-order valence-corrected chi connectivity index (χ4v) is 4.57. The Morgan fingerprint density at radius 1 is 1.05 bits per heavy atom. The van der Waals surface area contributed by atoms with Gasteiger partial charge in [0.25, 0.3) is 0 Å². The van der Waals surface area contributed by atoms with Crippen molar-refractivity contribution in [2.24, 2.45) is 0 Å². The molecule has 0 aromatic rings. The minimum atomic E-state index is -3.40. The fourth-order valence-electron chi connectivity index (χ4n) is 2.03. The Hall–Kier alpha value is -0.660. The molecule has 0 bridgehead atoms. The van der Waals surface area contributed by atoms with Crippen LogP contribution in [-0.4, -0.2) is 88.7 Å². The van der Waals surface area contributed by atoms with E-state index in [1.54, 1.807) is 0 Å². The second-order valence-corrected chi connectivity index (χ2v) is 9.54. The number of hydrogen-bond acceptors (Lipinski definition) is 5. The van der Waals surface area contributed by atoms with Crippen molar-refractivity contribution < 1.29 is 16.8 Å². The molecule has 1 rings (SSSR count). The summed E-state index contributed by atoms with van der Waals surface area (Å²) in [6.07, 6.45) is 5.33. The minimum Gasteiger partial charge on any atom is -0.290 e. The Bertz CT molecular complexity index is 570. The van der Waals surface area contributed by atoms with Gasteiger partial charge >= 0.3 is 0 Å². The highest BCUT2D eigenvalue weighted by Gasteiger charge is 2.27. The molecular formula is C12H23N3O4S2. The summed E-state index contributed by atoms with van der Waals surface area (Å²) >= 11 is 0. The molecule has 0 atom stereocenters. The van der Waals surface area contributed by atoms with E-state index >= 15 is 0 Å². The highest BCUT2D eigenvalue weighted by Crippen LogP contribution is 2.10. The number of piperazine rings is 1. The molecule has 1 aliphatic heterocycles. The smallest absolute Gasteiger partial charge is 0.214 e. The molecule has 0 aromatic heterocycles. The van der Waals surface area contributed by atoms with Gasteiger partial charge in [-0.1, -0.05) is 5.92 Å². The lowest BCUT2D eigenvalue weighted by Crippen LogP contribution is -2.49. The molecule has 0 N–H and O–H groups in total. The van der Waals surface area contributed by atoms with Crippen LogP contribution in [0.2, 0.25) is 0 Å². The number of nitrogens with zero attached hydrogens (tertiary/aromatic N) is 3. The highest BCUT2D eigenvalue weighted by molar-refractivity contribution is 7.90. The summed E-state index contributed by atoms with van der Waals surface area (Å²) in [5.74, 6) is 2.24. The van der Waals surface area contributed by atoms with Gasteiger partial charge in [-0.3, -0.25) is 4.90 Å². The summed E-state index contributed by atoms with van der Waals surface area (Å²) < 4.78 is 50.1. The van der Waals surface area contributed by atoms with E-state index in [1.165, 1.54) is 18.4 Å². The van der Waals surface area contributed by atoms with Crippen LogP contribution in [0.15, 0.2) is 0 Å². The first-order valence-electron chi connectivity index (χ1n) is 6.73. The average molecular weight is 337 g/mol. The van der Waals surface area contributed by atoms with Gasteiger partial charge in [-0.15, -0.1) is 6.42 Å². The molecular weight excluding hydrogens is 314 g/mol. The monoisotopic (exact) mass is 337 g/mol. The van der Waals surface area contributed by atoms with Gasteiger partial charge in [0.1, 0.15) is 0 Å². The lowest BCUT2D eigenvalue weighted by Gasteiger charge is -2.32. The Morgan fingerprint density at radius 3 is 2.10 bits per heavy atom. The molecule has 1 fully saturated rings. The Labute approximate surface area is 128 Å². The molecule has 0 aromatic carbocycles. The quantitative estimate of drug-likeness (QED) is 0.548. The van der Waals surface area contributed by atoms with E-state index in [9.17, 15) is 16.8 Å². The third kappa shape index (κ3) is 5.56. The van der Waals surface area contributed by atoms with Crippen LogP contribution in [0.25, 0.3) is 0 Å². The van der Waals surface area contributed by atoms with Gasteiger partial charge in [-0.25, -0.2) is 21.1 Å². The first-order chi connectivity index (χ1) is 9.69. The van der Waals surface area contributed by atoms with Crippen molar-refractivity contribution in [1.82, 2.24) is 13.5 Å². The number of terminal acetylenes is 1. The molecule has 1 saturated heterocycles. The van der Waals surface area contributed by atoms with Crippen LogP contribution >= 0.6 is 0 Å².